The van der Waals surface area contributed by atoms with E-state index in [2.05, 4.69) is 33.4 Å². The van der Waals surface area contributed by atoms with Crippen molar-refractivity contribution in [2.24, 2.45) is 5.92 Å². The van der Waals surface area contributed by atoms with Crippen LogP contribution >= 0.6 is 27.5 Å². The van der Waals surface area contributed by atoms with Crippen LogP contribution in [-0.4, -0.2) is 7.05 Å². The molecule has 1 nitrogen and oxygen atoms in total. The van der Waals surface area contributed by atoms with Gasteiger partial charge in [-0.3, -0.25) is 0 Å². The van der Waals surface area contributed by atoms with Gasteiger partial charge in [-0.1, -0.05) is 43.0 Å². The Bertz CT molecular complexity index is 363. The van der Waals surface area contributed by atoms with Crippen LogP contribution in [-0.2, 0) is 0 Å². The van der Waals surface area contributed by atoms with E-state index < -0.39 is 0 Å². The summed E-state index contributed by atoms with van der Waals surface area (Å²) in [5.41, 5.74) is 1.21. The highest BCUT2D eigenvalue weighted by Gasteiger charge is 2.23. The molecule has 0 aliphatic heterocycles. The first kappa shape index (κ1) is 12.4. The summed E-state index contributed by atoms with van der Waals surface area (Å²) in [4.78, 5) is 0. The lowest BCUT2D eigenvalue weighted by molar-refractivity contribution is 0.266. The van der Waals surface area contributed by atoms with Crippen molar-refractivity contribution in [2.45, 2.75) is 31.7 Å². The molecule has 0 amide bonds. The monoisotopic (exact) mass is 301 g/mol. The number of halogens is 2. The molecule has 1 aliphatic carbocycles. The fourth-order valence-corrected chi connectivity index (χ4v) is 2.89. The average Bonchev–Trinajstić information content (AvgIpc) is 2.22. The Labute approximate surface area is 111 Å². The van der Waals surface area contributed by atoms with Crippen molar-refractivity contribution in [3.05, 3.63) is 33.3 Å². The first-order chi connectivity index (χ1) is 7.72. The minimum atomic E-state index is 0.385. The van der Waals surface area contributed by atoms with Crippen LogP contribution in [0.4, 0.5) is 0 Å². The third-order valence-corrected chi connectivity index (χ3v) is 4.81. The van der Waals surface area contributed by atoms with Crippen molar-refractivity contribution < 1.29 is 0 Å². The highest BCUT2D eigenvalue weighted by atomic mass is 79.9. The minimum Gasteiger partial charge on any atom is -0.313 e. The van der Waals surface area contributed by atoms with E-state index in [4.69, 9.17) is 11.6 Å². The van der Waals surface area contributed by atoms with E-state index in [1.165, 1.54) is 31.2 Å². The van der Waals surface area contributed by atoms with Gasteiger partial charge in [0.15, 0.2) is 0 Å². The second kappa shape index (κ2) is 5.52. The second-order valence-corrected chi connectivity index (χ2v) is 5.75. The molecule has 2 rings (SSSR count). The van der Waals surface area contributed by atoms with Crippen LogP contribution in [0.3, 0.4) is 0 Å². The Morgan fingerprint density at radius 1 is 1.50 bits per heavy atom. The Morgan fingerprint density at radius 3 is 2.81 bits per heavy atom. The van der Waals surface area contributed by atoms with Gasteiger partial charge in [-0.25, -0.2) is 0 Å². The van der Waals surface area contributed by atoms with E-state index in [1.807, 2.05) is 13.1 Å². The number of hydrogen-bond donors (Lipinski definition) is 1. The maximum absolute atomic E-state index is 6.32. The van der Waals surface area contributed by atoms with E-state index in [0.717, 1.165) is 15.4 Å². The molecule has 3 heteroatoms. The Morgan fingerprint density at radius 2 is 2.25 bits per heavy atom. The first-order valence-corrected chi connectivity index (χ1v) is 7.00. The molecule has 1 N–H and O–H groups in total. The highest BCUT2D eigenvalue weighted by molar-refractivity contribution is 9.10. The summed E-state index contributed by atoms with van der Waals surface area (Å²) in [7, 11) is 2.01. The molecule has 0 spiro atoms. The van der Waals surface area contributed by atoms with Crippen LogP contribution in [0.2, 0.25) is 5.02 Å². The van der Waals surface area contributed by atoms with E-state index in [-0.39, 0.29) is 0 Å². The topological polar surface area (TPSA) is 12.0 Å². The molecule has 0 saturated heterocycles. The maximum Gasteiger partial charge on any atom is 0.0595 e. The van der Waals surface area contributed by atoms with Crippen molar-refractivity contribution in [2.75, 3.05) is 7.05 Å². The molecule has 0 heterocycles. The predicted molar refractivity (Wildman–Crippen MR) is 72.9 cm³/mol. The normalized spacial score (nSPS) is 18.2. The zero-order valence-electron chi connectivity index (χ0n) is 9.47. The van der Waals surface area contributed by atoms with Crippen molar-refractivity contribution in [3.8, 4) is 0 Å². The molecule has 1 aromatic rings. The summed E-state index contributed by atoms with van der Waals surface area (Å²) >= 11 is 9.81. The molecule has 1 atom stereocenters. The van der Waals surface area contributed by atoms with Gasteiger partial charge in [-0.05, 0) is 46.9 Å². The number of nitrogens with one attached hydrogen (secondary N) is 1. The first-order valence-electron chi connectivity index (χ1n) is 5.83. The highest BCUT2D eigenvalue weighted by Crippen LogP contribution is 2.38. The summed E-state index contributed by atoms with van der Waals surface area (Å²) in [5, 5.41) is 4.23. The van der Waals surface area contributed by atoms with Gasteiger partial charge in [-0.2, -0.15) is 0 Å². The zero-order chi connectivity index (χ0) is 11.5. The lowest BCUT2D eigenvalue weighted by atomic mass is 9.79. The molecule has 1 unspecified atom stereocenters. The molecule has 1 saturated carbocycles. The summed E-state index contributed by atoms with van der Waals surface area (Å²) in [6.45, 7) is 0. The summed E-state index contributed by atoms with van der Waals surface area (Å²) < 4.78 is 0.987. The Balaban J connectivity index is 2.15. The van der Waals surface area contributed by atoms with Gasteiger partial charge in [0.05, 0.1) is 5.02 Å². The largest absolute Gasteiger partial charge is 0.313 e. The zero-order valence-corrected chi connectivity index (χ0v) is 11.8. The van der Waals surface area contributed by atoms with Gasteiger partial charge in [0.2, 0.25) is 0 Å². The third kappa shape index (κ3) is 2.61. The van der Waals surface area contributed by atoms with Crippen molar-refractivity contribution >= 4 is 27.5 Å². The molecule has 1 fully saturated rings. The van der Waals surface area contributed by atoms with Crippen LogP contribution in [0.5, 0.6) is 0 Å². The van der Waals surface area contributed by atoms with E-state index >= 15 is 0 Å². The molecule has 0 bridgehead atoms. The van der Waals surface area contributed by atoms with E-state index in [9.17, 15) is 0 Å². The van der Waals surface area contributed by atoms with Crippen molar-refractivity contribution in [1.82, 2.24) is 5.32 Å². The molecule has 88 valence electrons. The fourth-order valence-electron chi connectivity index (χ4n) is 2.25. The summed E-state index contributed by atoms with van der Waals surface area (Å²) in [6.07, 6.45) is 5.35. The molecule has 0 aromatic heterocycles. The van der Waals surface area contributed by atoms with Gasteiger partial charge in [0, 0.05) is 10.5 Å². The molecule has 0 radical (unpaired) electrons. The number of hydrogen-bond acceptors (Lipinski definition) is 1. The molecule has 1 aromatic carbocycles. The number of rotatable bonds is 4. The van der Waals surface area contributed by atoms with E-state index in [1.54, 1.807) is 0 Å². The van der Waals surface area contributed by atoms with Gasteiger partial charge >= 0.3 is 0 Å². The fraction of sp³-hybridized carbons (Fsp3) is 0.538. The Kier molecular flexibility index (Phi) is 4.28. The van der Waals surface area contributed by atoms with Crippen molar-refractivity contribution in [1.29, 1.82) is 0 Å². The second-order valence-electron chi connectivity index (χ2n) is 4.52. The predicted octanol–water partition coefficient (Wildman–Crippen LogP) is 4.55. The molecule has 16 heavy (non-hydrogen) atoms. The average molecular weight is 303 g/mol. The lowest BCUT2D eigenvalue weighted by Crippen LogP contribution is -2.23. The molecular weight excluding hydrogens is 286 g/mol. The molecular formula is C13H17BrClN. The van der Waals surface area contributed by atoms with Crippen molar-refractivity contribution in [3.63, 3.8) is 0 Å². The van der Waals surface area contributed by atoms with Crippen LogP contribution in [0.15, 0.2) is 22.7 Å². The Hall–Kier alpha value is -0.0500. The van der Waals surface area contributed by atoms with Crippen LogP contribution in [0.25, 0.3) is 0 Å². The summed E-state index contributed by atoms with van der Waals surface area (Å²) in [6, 6.07) is 6.54. The third-order valence-electron chi connectivity index (χ3n) is 3.50. The lowest BCUT2D eigenvalue weighted by Gasteiger charge is -2.30. The summed E-state index contributed by atoms with van der Waals surface area (Å²) in [5.74, 6) is 0.882. The SMILES string of the molecule is CNC(CC1CCC1)c1cccc(Br)c1Cl. The maximum atomic E-state index is 6.32. The van der Waals surface area contributed by atoms with Gasteiger partial charge in [0.25, 0.3) is 0 Å². The minimum absolute atomic E-state index is 0.385. The van der Waals surface area contributed by atoms with E-state index in [0.29, 0.717) is 6.04 Å². The van der Waals surface area contributed by atoms with Gasteiger partial charge in [-0.15, -0.1) is 0 Å². The smallest absolute Gasteiger partial charge is 0.0595 e. The standard InChI is InChI=1S/C13H17BrClN/c1-16-12(8-9-4-2-5-9)10-6-3-7-11(14)13(10)15/h3,6-7,9,12,16H,2,4-5,8H2,1H3. The molecule has 1 aliphatic rings. The van der Waals surface area contributed by atoms with Gasteiger partial charge in [0.1, 0.15) is 0 Å². The quantitative estimate of drug-likeness (QED) is 0.860. The van der Waals surface area contributed by atoms with Gasteiger partial charge < -0.3 is 5.32 Å². The van der Waals surface area contributed by atoms with Crippen LogP contribution < -0.4 is 5.32 Å². The van der Waals surface area contributed by atoms with Crippen LogP contribution in [0.1, 0.15) is 37.3 Å². The number of benzene rings is 1. The van der Waals surface area contributed by atoms with Crippen LogP contribution in [0, 0.1) is 5.92 Å².